The van der Waals surface area contributed by atoms with Gasteiger partial charge in [-0.25, -0.2) is 22.0 Å². The molecule has 1 atom stereocenters. The molecule has 2 heterocycles. The van der Waals surface area contributed by atoms with Crippen molar-refractivity contribution in [3.63, 3.8) is 0 Å². The number of fused-ring (bicyclic) bond motifs is 1. The van der Waals surface area contributed by atoms with Crippen LogP contribution in [0.1, 0.15) is 42.5 Å². The number of nitrogens with zero attached hydrogens (tertiary/aromatic N) is 3. The number of hydrogen-bond acceptors (Lipinski definition) is 6. The largest absolute Gasteiger partial charge is 0.465 e. The molecule has 1 aliphatic carbocycles. The number of esters is 1. The Hall–Kier alpha value is -3.08. The molecule has 3 aromatic rings. The summed E-state index contributed by atoms with van der Waals surface area (Å²) < 4.78 is 63.0. The van der Waals surface area contributed by atoms with Crippen molar-refractivity contribution in [2.24, 2.45) is 5.92 Å². The fraction of sp³-hybridized carbons (Fsp3) is 0.357. The fourth-order valence-electron chi connectivity index (χ4n) is 5.63. The maximum Gasteiger partial charge on any atom is 0.340 e. The van der Waals surface area contributed by atoms with E-state index in [2.05, 4.69) is 9.72 Å². The highest BCUT2D eigenvalue weighted by molar-refractivity contribution is 7.89. The summed E-state index contributed by atoms with van der Waals surface area (Å²) in [6.45, 7) is 0.289. The minimum absolute atomic E-state index is 0.0316. The third-order valence-corrected chi connectivity index (χ3v) is 9.94. The predicted molar refractivity (Wildman–Crippen MR) is 145 cm³/mol. The highest BCUT2D eigenvalue weighted by atomic mass is 35.5. The highest BCUT2D eigenvalue weighted by Gasteiger charge is 2.41. The number of ether oxygens (including phenoxy) is 1. The molecule has 1 aliphatic heterocycles. The van der Waals surface area contributed by atoms with E-state index in [0.29, 0.717) is 16.8 Å². The van der Waals surface area contributed by atoms with E-state index in [1.807, 2.05) is 0 Å². The predicted octanol–water partition coefficient (Wildman–Crippen LogP) is 6.19. The van der Waals surface area contributed by atoms with Gasteiger partial charge in [0.25, 0.3) is 0 Å². The fourth-order valence-corrected chi connectivity index (χ4v) is 7.51. The number of methoxy groups -OCH3 is 1. The zero-order chi connectivity index (χ0) is 27.9. The van der Waals surface area contributed by atoms with E-state index in [1.54, 1.807) is 11.9 Å². The topological polar surface area (TPSA) is 79.8 Å². The third-order valence-electron chi connectivity index (χ3n) is 7.71. The average Bonchev–Trinajstić information content (AvgIpc) is 3.01. The molecule has 11 heteroatoms. The Kier molecular flexibility index (Phi) is 7.63. The van der Waals surface area contributed by atoms with Crippen LogP contribution in [0.4, 0.5) is 20.2 Å². The third kappa shape index (κ3) is 5.13. The van der Waals surface area contributed by atoms with E-state index in [1.165, 1.54) is 40.8 Å². The number of halogens is 3. The number of hydrogen-bond donors (Lipinski definition) is 0. The lowest BCUT2D eigenvalue weighted by molar-refractivity contribution is 0.0595. The van der Waals surface area contributed by atoms with Crippen molar-refractivity contribution in [1.29, 1.82) is 0 Å². The van der Waals surface area contributed by atoms with Gasteiger partial charge in [-0.15, -0.1) is 0 Å². The lowest BCUT2D eigenvalue weighted by Gasteiger charge is -2.36. The summed E-state index contributed by atoms with van der Waals surface area (Å²) in [5.74, 6) is -2.06. The van der Waals surface area contributed by atoms with Crippen molar-refractivity contribution in [3.8, 4) is 11.1 Å². The van der Waals surface area contributed by atoms with Crippen molar-refractivity contribution in [1.82, 2.24) is 9.29 Å². The molecule has 0 bridgehead atoms. The van der Waals surface area contributed by atoms with Crippen LogP contribution in [0.15, 0.2) is 53.7 Å². The van der Waals surface area contributed by atoms with Gasteiger partial charge in [0.15, 0.2) is 0 Å². The number of sulfonamides is 1. The molecule has 7 nitrogen and oxygen atoms in total. The summed E-state index contributed by atoms with van der Waals surface area (Å²) in [5, 5.41) is 0.180. The molecular formula is C28H28ClF2N3O4S. The van der Waals surface area contributed by atoms with E-state index < -0.39 is 27.6 Å². The quantitative estimate of drug-likeness (QED) is 0.345. The molecule has 1 aromatic heterocycles. The van der Waals surface area contributed by atoms with Crippen molar-refractivity contribution in [2.45, 2.75) is 43.0 Å². The molecule has 0 radical (unpaired) electrons. The summed E-state index contributed by atoms with van der Waals surface area (Å²) in [7, 11) is -1.32. The van der Waals surface area contributed by atoms with Crippen LogP contribution in [0, 0.1) is 17.6 Å². The van der Waals surface area contributed by atoms with E-state index in [-0.39, 0.29) is 39.7 Å². The Balaban J connectivity index is 1.71. The molecule has 0 N–H and O–H groups in total. The molecule has 0 saturated heterocycles. The molecule has 0 amide bonds. The van der Waals surface area contributed by atoms with E-state index in [0.717, 1.165) is 51.5 Å². The van der Waals surface area contributed by atoms with Gasteiger partial charge in [0.05, 0.1) is 41.5 Å². The number of pyridine rings is 1. The standard InChI is InChI=1S/C28H28ClF2N3O4S/c1-33-26(17-6-4-3-5-7-17)16-34(20-11-19(30)14-32-15-20)25-13-23(29)21(12-27(25)39(33,36)37)18-8-9-24(31)22(10-18)28(35)38-2/h8-15,17,26H,3-7,16H2,1-2H3/t26-/m0/s1. The minimum Gasteiger partial charge on any atom is -0.465 e. The summed E-state index contributed by atoms with van der Waals surface area (Å²) in [5.41, 5.74) is 1.03. The van der Waals surface area contributed by atoms with Gasteiger partial charge in [0.1, 0.15) is 16.5 Å². The van der Waals surface area contributed by atoms with Crippen molar-refractivity contribution in [2.75, 3.05) is 25.6 Å². The molecule has 1 saturated carbocycles. The normalized spacial score (nSPS) is 19.8. The van der Waals surface area contributed by atoms with Crippen molar-refractivity contribution < 1.29 is 26.7 Å². The van der Waals surface area contributed by atoms with E-state index in [4.69, 9.17) is 11.6 Å². The first-order chi connectivity index (χ1) is 18.6. The Morgan fingerprint density at radius 3 is 2.51 bits per heavy atom. The number of carbonyl (C=O) groups excluding carboxylic acids is 1. The van der Waals surface area contributed by atoms with Gasteiger partial charge in [-0.3, -0.25) is 4.98 Å². The lowest BCUT2D eigenvalue weighted by atomic mass is 9.83. The van der Waals surface area contributed by atoms with Crippen LogP contribution >= 0.6 is 11.6 Å². The molecule has 1 fully saturated rings. The van der Waals surface area contributed by atoms with Gasteiger partial charge < -0.3 is 9.64 Å². The molecule has 39 heavy (non-hydrogen) atoms. The summed E-state index contributed by atoms with van der Waals surface area (Å²) in [6.07, 6.45) is 7.53. The minimum atomic E-state index is -4.04. The van der Waals surface area contributed by atoms with Crippen molar-refractivity contribution >= 4 is 39.0 Å². The van der Waals surface area contributed by atoms with E-state index in [9.17, 15) is 22.0 Å². The lowest BCUT2D eigenvalue weighted by Crippen LogP contribution is -2.46. The smallest absolute Gasteiger partial charge is 0.340 e. The number of rotatable bonds is 4. The van der Waals surface area contributed by atoms with Crippen LogP contribution < -0.4 is 4.90 Å². The zero-order valence-electron chi connectivity index (χ0n) is 21.5. The molecule has 2 aliphatic rings. The SMILES string of the molecule is COC(=O)c1cc(-c2cc3c(cc2Cl)N(c2cncc(F)c2)C[C@@H](C2CCCCC2)N(C)S3(=O)=O)ccc1F. The summed E-state index contributed by atoms with van der Waals surface area (Å²) in [4.78, 5) is 17.8. The maximum absolute atomic E-state index is 14.3. The Morgan fingerprint density at radius 2 is 1.82 bits per heavy atom. The summed E-state index contributed by atoms with van der Waals surface area (Å²) in [6, 6.07) is 7.70. The highest BCUT2D eigenvalue weighted by Crippen LogP contribution is 2.44. The van der Waals surface area contributed by atoms with Crippen LogP contribution in [0.3, 0.4) is 0 Å². The number of benzene rings is 2. The molecule has 2 aromatic carbocycles. The average molecular weight is 576 g/mol. The van der Waals surface area contributed by atoms with Gasteiger partial charge in [-0.1, -0.05) is 36.9 Å². The maximum atomic E-state index is 14.3. The Morgan fingerprint density at radius 1 is 1.08 bits per heavy atom. The number of carbonyl (C=O) groups is 1. The first-order valence-corrected chi connectivity index (χ1v) is 14.5. The number of aromatic nitrogens is 1. The summed E-state index contributed by atoms with van der Waals surface area (Å²) >= 11 is 6.72. The molecule has 0 spiro atoms. The first-order valence-electron chi connectivity index (χ1n) is 12.7. The van der Waals surface area contributed by atoms with Gasteiger partial charge in [-0.05, 0) is 48.6 Å². The first kappa shape index (κ1) is 27.5. The molecule has 206 valence electrons. The van der Waals surface area contributed by atoms with Gasteiger partial charge in [-0.2, -0.15) is 4.31 Å². The van der Waals surface area contributed by atoms with Crippen LogP contribution in [0.2, 0.25) is 5.02 Å². The van der Waals surface area contributed by atoms with Crippen LogP contribution in [-0.4, -0.2) is 50.4 Å². The second-order valence-electron chi connectivity index (χ2n) is 9.94. The van der Waals surface area contributed by atoms with Crippen molar-refractivity contribution in [3.05, 3.63) is 71.0 Å². The van der Waals surface area contributed by atoms with Gasteiger partial charge in [0.2, 0.25) is 10.0 Å². The monoisotopic (exact) mass is 575 g/mol. The molecule has 0 unspecified atom stereocenters. The Labute approximate surface area is 231 Å². The molecular weight excluding hydrogens is 548 g/mol. The number of likely N-dealkylation sites (N-methyl/N-ethyl adjacent to an activating group) is 1. The second kappa shape index (κ2) is 10.8. The number of anilines is 2. The van der Waals surface area contributed by atoms with Gasteiger partial charge >= 0.3 is 5.97 Å². The van der Waals surface area contributed by atoms with Gasteiger partial charge in [0, 0.05) is 31.3 Å². The zero-order valence-corrected chi connectivity index (χ0v) is 23.1. The van der Waals surface area contributed by atoms with E-state index >= 15 is 0 Å². The second-order valence-corrected chi connectivity index (χ2v) is 12.3. The van der Waals surface area contributed by atoms with Crippen LogP contribution in [0.5, 0.6) is 0 Å². The Bertz CT molecular complexity index is 1530. The molecule has 5 rings (SSSR count). The van der Waals surface area contributed by atoms with Crippen LogP contribution in [-0.2, 0) is 14.8 Å². The van der Waals surface area contributed by atoms with Crippen LogP contribution in [0.25, 0.3) is 11.1 Å².